The molecule has 1 aliphatic rings. The minimum absolute atomic E-state index is 0.0583. The summed E-state index contributed by atoms with van der Waals surface area (Å²) in [5.41, 5.74) is 0.722. The number of nitrogens with zero attached hydrogens (tertiary/aromatic N) is 1. The summed E-state index contributed by atoms with van der Waals surface area (Å²) in [6.45, 7) is 2.15. The minimum Gasteiger partial charge on any atom is -0.468 e. The first-order chi connectivity index (χ1) is 10.0. The van der Waals surface area contributed by atoms with Crippen molar-refractivity contribution in [3.63, 3.8) is 0 Å². The van der Waals surface area contributed by atoms with Gasteiger partial charge in [-0.3, -0.25) is 14.4 Å². The lowest BCUT2D eigenvalue weighted by atomic mass is 9.94. The molecule has 0 bridgehead atoms. The number of esters is 1. The second-order valence-corrected chi connectivity index (χ2v) is 5.00. The van der Waals surface area contributed by atoms with E-state index >= 15 is 0 Å². The third-order valence-corrected chi connectivity index (χ3v) is 3.49. The molecule has 1 fully saturated rings. The van der Waals surface area contributed by atoms with Gasteiger partial charge < -0.3 is 15.0 Å². The summed E-state index contributed by atoms with van der Waals surface area (Å²) in [4.78, 5) is 36.9. The smallest absolute Gasteiger partial charge is 0.325 e. The molecular formula is C15H18N2O4. The Kier molecular flexibility index (Phi) is 4.57. The predicted octanol–water partition coefficient (Wildman–Crippen LogP) is 0.495. The van der Waals surface area contributed by atoms with Gasteiger partial charge in [-0.2, -0.15) is 0 Å². The lowest BCUT2D eigenvalue weighted by Gasteiger charge is -2.41. The monoisotopic (exact) mass is 290 g/mol. The van der Waals surface area contributed by atoms with Crippen LogP contribution in [-0.4, -0.2) is 42.9 Å². The fraction of sp³-hybridized carbons (Fsp3) is 0.400. The maximum Gasteiger partial charge on any atom is 0.325 e. The van der Waals surface area contributed by atoms with E-state index in [1.807, 2.05) is 25.1 Å². The number of rotatable bonds is 5. The van der Waals surface area contributed by atoms with E-state index in [0.29, 0.717) is 6.54 Å². The van der Waals surface area contributed by atoms with Crippen molar-refractivity contribution in [3.05, 3.63) is 35.9 Å². The van der Waals surface area contributed by atoms with E-state index in [1.54, 1.807) is 12.1 Å². The Balaban J connectivity index is 2.15. The molecule has 1 saturated heterocycles. The van der Waals surface area contributed by atoms with Crippen molar-refractivity contribution in [3.8, 4) is 0 Å². The molecule has 6 heteroatoms. The number of nitrogens with one attached hydrogen (secondary N) is 1. The fourth-order valence-corrected chi connectivity index (χ4v) is 2.30. The molecule has 0 spiro atoms. The molecule has 0 radical (unpaired) electrons. The summed E-state index contributed by atoms with van der Waals surface area (Å²) in [6, 6.07) is 8.33. The number of carbonyl (C=O) groups excluding carboxylic acids is 3. The number of likely N-dealkylation sites (tertiary alicyclic amines) is 1. The molecule has 21 heavy (non-hydrogen) atoms. The molecular weight excluding hydrogens is 272 g/mol. The predicted molar refractivity (Wildman–Crippen MR) is 75.1 cm³/mol. The van der Waals surface area contributed by atoms with Gasteiger partial charge in [-0.25, -0.2) is 0 Å². The molecule has 1 aromatic carbocycles. The summed E-state index contributed by atoms with van der Waals surface area (Å²) in [5, 5.41) is 2.51. The highest BCUT2D eigenvalue weighted by Gasteiger charge is 2.41. The zero-order valence-electron chi connectivity index (χ0n) is 12.0. The lowest BCUT2D eigenvalue weighted by Crippen LogP contribution is -2.56. The van der Waals surface area contributed by atoms with E-state index in [4.69, 9.17) is 0 Å². The first kappa shape index (κ1) is 15.0. The topological polar surface area (TPSA) is 75.7 Å². The van der Waals surface area contributed by atoms with Gasteiger partial charge in [0, 0.05) is 6.54 Å². The molecule has 2 atom stereocenters. The van der Waals surface area contributed by atoms with Gasteiger partial charge in [0.1, 0.15) is 12.6 Å². The molecule has 112 valence electrons. The van der Waals surface area contributed by atoms with Crippen molar-refractivity contribution >= 4 is 17.8 Å². The summed E-state index contributed by atoms with van der Waals surface area (Å²) in [7, 11) is 1.25. The van der Waals surface area contributed by atoms with Gasteiger partial charge >= 0.3 is 5.97 Å². The number of hydrogen-bond donors (Lipinski definition) is 1. The largest absolute Gasteiger partial charge is 0.468 e. The number of β-lactam (4-membered cyclic amide) rings is 1. The number of amides is 2. The number of methoxy groups -OCH3 is 1. The van der Waals surface area contributed by atoms with Crippen LogP contribution in [0.4, 0.5) is 0 Å². The average Bonchev–Trinajstić information content (AvgIpc) is 2.52. The van der Waals surface area contributed by atoms with E-state index in [0.717, 1.165) is 5.56 Å². The van der Waals surface area contributed by atoms with Crippen molar-refractivity contribution in [1.29, 1.82) is 0 Å². The Morgan fingerprint density at radius 3 is 2.57 bits per heavy atom. The van der Waals surface area contributed by atoms with E-state index in [1.165, 1.54) is 12.0 Å². The Morgan fingerprint density at radius 2 is 2.05 bits per heavy atom. The maximum atomic E-state index is 12.3. The molecule has 0 aliphatic carbocycles. The normalized spacial score (nSPS) is 18.7. The third-order valence-electron chi connectivity index (χ3n) is 3.49. The zero-order valence-corrected chi connectivity index (χ0v) is 12.0. The molecule has 6 nitrogen and oxygen atoms in total. The molecule has 2 amide bonds. The van der Waals surface area contributed by atoms with Crippen LogP contribution < -0.4 is 5.32 Å². The zero-order chi connectivity index (χ0) is 15.4. The number of carbonyl (C=O) groups is 3. The van der Waals surface area contributed by atoms with Crippen LogP contribution in [0, 0.1) is 5.92 Å². The van der Waals surface area contributed by atoms with Crippen LogP contribution in [0.15, 0.2) is 30.3 Å². The van der Waals surface area contributed by atoms with Crippen LogP contribution in [0.25, 0.3) is 0 Å². The van der Waals surface area contributed by atoms with Gasteiger partial charge in [0.2, 0.25) is 11.8 Å². The van der Waals surface area contributed by atoms with Crippen LogP contribution in [0.1, 0.15) is 18.5 Å². The van der Waals surface area contributed by atoms with Crippen LogP contribution >= 0.6 is 0 Å². The fourth-order valence-electron chi connectivity index (χ4n) is 2.30. The van der Waals surface area contributed by atoms with Crippen molar-refractivity contribution < 1.29 is 19.1 Å². The molecule has 1 aromatic rings. The van der Waals surface area contributed by atoms with Crippen LogP contribution in [0.5, 0.6) is 0 Å². The highest BCUT2D eigenvalue weighted by molar-refractivity contribution is 5.93. The Bertz CT molecular complexity index is 544. The number of ether oxygens (including phenoxy) is 1. The van der Waals surface area contributed by atoms with Gasteiger partial charge in [-0.05, 0) is 5.56 Å². The van der Waals surface area contributed by atoms with Crippen molar-refractivity contribution in [2.45, 2.75) is 13.0 Å². The molecule has 1 heterocycles. The molecule has 0 saturated carbocycles. The van der Waals surface area contributed by atoms with Gasteiger partial charge in [0.05, 0.1) is 13.0 Å². The summed E-state index contributed by atoms with van der Waals surface area (Å²) in [6.07, 6.45) is 0. The Labute approximate surface area is 123 Å². The molecule has 0 unspecified atom stereocenters. The van der Waals surface area contributed by atoms with Gasteiger partial charge in [0.15, 0.2) is 0 Å². The summed E-state index contributed by atoms with van der Waals surface area (Å²) in [5.74, 6) is -1.04. The third kappa shape index (κ3) is 3.21. The highest BCUT2D eigenvalue weighted by Crippen LogP contribution is 2.29. The van der Waals surface area contributed by atoms with E-state index in [9.17, 15) is 14.4 Å². The number of hydrogen-bond acceptors (Lipinski definition) is 4. The van der Waals surface area contributed by atoms with Crippen LogP contribution in [0.3, 0.4) is 0 Å². The molecule has 0 aromatic heterocycles. The van der Waals surface area contributed by atoms with Crippen molar-refractivity contribution in [2.75, 3.05) is 20.2 Å². The second-order valence-electron chi connectivity index (χ2n) is 5.00. The van der Waals surface area contributed by atoms with Gasteiger partial charge in [-0.1, -0.05) is 37.3 Å². The maximum absolute atomic E-state index is 12.3. The number of benzene rings is 1. The lowest BCUT2D eigenvalue weighted by molar-refractivity contribution is -0.155. The van der Waals surface area contributed by atoms with Crippen molar-refractivity contribution in [2.24, 2.45) is 5.92 Å². The second kappa shape index (κ2) is 6.39. The summed E-state index contributed by atoms with van der Waals surface area (Å²) < 4.78 is 4.49. The van der Waals surface area contributed by atoms with Gasteiger partial charge in [-0.15, -0.1) is 0 Å². The van der Waals surface area contributed by atoms with Gasteiger partial charge in [0.25, 0.3) is 0 Å². The first-order valence-corrected chi connectivity index (χ1v) is 6.74. The van der Waals surface area contributed by atoms with E-state index in [2.05, 4.69) is 10.1 Å². The van der Waals surface area contributed by atoms with Crippen LogP contribution in [-0.2, 0) is 19.1 Å². The molecule has 2 rings (SSSR count). The first-order valence-electron chi connectivity index (χ1n) is 6.74. The van der Waals surface area contributed by atoms with E-state index < -0.39 is 12.0 Å². The minimum atomic E-state index is -0.709. The van der Waals surface area contributed by atoms with Crippen molar-refractivity contribution in [1.82, 2.24) is 10.2 Å². The Hall–Kier alpha value is -2.37. The van der Waals surface area contributed by atoms with Crippen LogP contribution in [0.2, 0.25) is 0 Å². The average molecular weight is 290 g/mol. The molecule has 1 aliphatic heterocycles. The molecule has 1 N–H and O–H groups in total. The SMILES string of the molecule is COC(=O)CNC(=O)[C@H](c1ccccc1)N1C[C@H](C)C1=O. The standard InChI is InChI=1S/C15H18N2O4/c1-10-9-17(15(10)20)13(11-6-4-3-5-7-11)14(19)16-8-12(18)21-2/h3-7,10,13H,8-9H2,1-2H3,(H,16,19)/t10-,13-/m0/s1. The Morgan fingerprint density at radius 1 is 1.38 bits per heavy atom. The quantitative estimate of drug-likeness (QED) is 0.633. The van der Waals surface area contributed by atoms with E-state index in [-0.39, 0.29) is 24.3 Å². The highest BCUT2D eigenvalue weighted by atomic mass is 16.5. The summed E-state index contributed by atoms with van der Waals surface area (Å²) >= 11 is 0.